The second-order valence-corrected chi connectivity index (χ2v) is 7.57. The number of nitrogens with zero attached hydrogens (tertiary/aromatic N) is 1. The predicted molar refractivity (Wildman–Crippen MR) is 94.6 cm³/mol. The first-order chi connectivity index (χ1) is 10.5. The monoisotopic (exact) mass is 366 g/mol. The predicted octanol–water partition coefficient (Wildman–Crippen LogP) is 3.82. The maximum Gasteiger partial charge on any atom is 0.223 e. The van der Waals surface area contributed by atoms with Crippen molar-refractivity contribution in [1.82, 2.24) is 10.2 Å². The average molecular weight is 367 g/mol. The molecule has 2 rings (SSSR count). The number of amides is 1. The molecule has 1 aromatic carbocycles. The van der Waals surface area contributed by atoms with Crippen LogP contribution in [0.15, 0.2) is 28.7 Å². The molecular formula is C18H27BrN2O. The molecule has 1 heterocycles. The molecule has 1 fully saturated rings. The molecule has 0 radical (unpaired) electrons. The van der Waals surface area contributed by atoms with E-state index < -0.39 is 0 Å². The van der Waals surface area contributed by atoms with E-state index in [4.69, 9.17) is 0 Å². The highest BCUT2D eigenvalue weighted by atomic mass is 79.9. The van der Waals surface area contributed by atoms with E-state index in [1.54, 1.807) is 0 Å². The van der Waals surface area contributed by atoms with Crippen LogP contribution >= 0.6 is 15.9 Å². The smallest absolute Gasteiger partial charge is 0.223 e. The molecule has 22 heavy (non-hydrogen) atoms. The van der Waals surface area contributed by atoms with E-state index in [-0.39, 0.29) is 11.8 Å². The van der Waals surface area contributed by atoms with Crippen LogP contribution in [0.3, 0.4) is 0 Å². The highest BCUT2D eigenvalue weighted by Gasteiger charge is 2.24. The SMILES string of the molecule is CC(C)CCNC(=O)C1CCN(Cc2cccc(Br)c2)CC1. The zero-order valence-electron chi connectivity index (χ0n) is 13.6. The van der Waals surface area contributed by atoms with Gasteiger partial charge in [0, 0.05) is 23.5 Å². The number of piperidine rings is 1. The summed E-state index contributed by atoms with van der Waals surface area (Å²) in [5.41, 5.74) is 1.33. The Labute approximate surface area is 142 Å². The van der Waals surface area contributed by atoms with E-state index in [1.807, 2.05) is 0 Å². The van der Waals surface area contributed by atoms with Gasteiger partial charge in [0.2, 0.25) is 5.91 Å². The van der Waals surface area contributed by atoms with Crippen molar-refractivity contribution in [3.63, 3.8) is 0 Å². The van der Waals surface area contributed by atoms with Crippen LogP contribution in [-0.2, 0) is 11.3 Å². The summed E-state index contributed by atoms with van der Waals surface area (Å²) < 4.78 is 1.13. The summed E-state index contributed by atoms with van der Waals surface area (Å²) >= 11 is 3.52. The van der Waals surface area contributed by atoms with Crippen molar-refractivity contribution in [2.45, 2.75) is 39.7 Å². The van der Waals surface area contributed by atoms with E-state index in [2.05, 4.69) is 64.3 Å². The molecular weight excluding hydrogens is 340 g/mol. The first-order valence-electron chi connectivity index (χ1n) is 8.29. The summed E-state index contributed by atoms with van der Waals surface area (Å²) in [4.78, 5) is 14.6. The molecule has 3 nitrogen and oxygen atoms in total. The number of likely N-dealkylation sites (tertiary alicyclic amines) is 1. The van der Waals surface area contributed by atoms with Crippen LogP contribution in [0.4, 0.5) is 0 Å². The lowest BCUT2D eigenvalue weighted by Crippen LogP contribution is -2.40. The Bertz CT molecular complexity index is 482. The van der Waals surface area contributed by atoms with Crippen molar-refractivity contribution in [3.05, 3.63) is 34.3 Å². The lowest BCUT2D eigenvalue weighted by atomic mass is 9.95. The molecule has 1 aliphatic rings. The number of rotatable bonds is 6. The fraction of sp³-hybridized carbons (Fsp3) is 0.611. The van der Waals surface area contributed by atoms with E-state index in [1.165, 1.54) is 5.56 Å². The number of carbonyl (C=O) groups is 1. The highest BCUT2D eigenvalue weighted by molar-refractivity contribution is 9.10. The Morgan fingerprint density at radius 2 is 2.09 bits per heavy atom. The van der Waals surface area contributed by atoms with Gasteiger partial charge in [-0.2, -0.15) is 0 Å². The molecule has 0 spiro atoms. The third-order valence-corrected chi connectivity index (χ3v) is 4.77. The van der Waals surface area contributed by atoms with Gasteiger partial charge in [-0.05, 0) is 56.0 Å². The third-order valence-electron chi connectivity index (χ3n) is 4.27. The van der Waals surface area contributed by atoms with Crippen LogP contribution in [0.2, 0.25) is 0 Å². The first-order valence-corrected chi connectivity index (χ1v) is 9.08. The van der Waals surface area contributed by atoms with Gasteiger partial charge in [-0.1, -0.05) is 41.9 Å². The molecule has 122 valence electrons. The van der Waals surface area contributed by atoms with E-state index in [0.717, 1.165) is 49.9 Å². The van der Waals surface area contributed by atoms with Crippen LogP contribution in [0.1, 0.15) is 38.7 Å². The molecule has 4 heteroatoms. The number of carbonyl (C=O) groups excluding carboxylic acids is 1. The summed E-state index contributed by atoms with van der Waals surface area (Å²) in [7, 11) is 0. The Hall–Kier alpha value is -0.870. The van der Waals surface area contributed by atoms with Crippen molar-refractivity contribution in [2.75, 3.05) is 19.6 Å². The number of halogens is 1. The molecule has 0 aromatic heterocycles. The standard InChI is InChI=1S/C18H27BrN2O/c1-14(2)6-9-20-18(22)16-7-10-21(11-8-16)13-15-4-3-5-17(19)12-15/h3-5,12,14,16H,6-11,13H2,1-2H3,(H,20,22). The minimum atomic E-state index is 0.200. The summed E-state index contributed by atoms with van der Waals surface area (Å²) in [6.45, 7) is 8.18. The zero-order valence-corrected chi connectivity index (χ0v) is 15.2. The van der Waals surface area contributed by atoms with E-state index in [9.17, 15) is 4.79 Å². The molecule has 0 atom stereocenters. The molecule has 0 aliphatic carbocycles. The lowest BCUT2D eigenvalue weighted by molar-refractivity contribution is -0.126. The van der Waals surface area contributed by atoms with Crippen LogP contribution in [0.25, 0.3) is 0 Å². The lowest BCUT2D eigenvalue weighted by Gasteiger charge is -2.31. The van der Waals surface area contributed by atoms with Gasteiger partial charge in [0.15, 0.2) is 0 Å². The third kappa shape index (κ3) is 5.73. The summed E-state index contributed by atoms with van der Waals surface area (Å²) in [6, 6.07) is 8.46. The topological polar surface area (TPSA) is 32.3 Å². The maximum absolute atomic E-state index is 12.2. The van der Waals surface area contributed by atoms with Gasteiger partial charge in [-0.15, -0.1) is 0 Å². The Morgan fingerprint density at radius 3 is 2.73 bits per heavy atom. The molecule has 1 aliphatic heterocycles. The van der Waals surface area contributed by atoms with Crippen molar-refractivity contribution in [1.29, 1.82) is 0 Å². The summed E-state index contributed by atoms with van der Waals surface area (Å²) in [6.07, 6.45) is 3.01. The van der Waals surface area contributed by atoms with Crippen molar-refractivity contribution < 1.29 is 4.79 Å². The van der Waals surface area contributed by atoms with Crippen LogP contribution < -0.4 is 5.32 Å². The minimum absolute atomic E-state index is 0.200. The zero-order chi connectivity index (χ0) is 15.9. The largest absolute Gasteiger partial charge is 0.356 e. The molecule has 1 amide bonds. The normalized spacial score (nSPS) is 16.9. The fourth-order valence-electron chi connectivity index (χ4n) is 2.88. The minimum Gasteiger partial charge on any atom is -0.356 e. The van der Waals surface area contributed by atoms with Crippen molar-refractivity contribution in [2.24, 2.45) is 11.8 Å². The van der Waals surface area contributed by atoms with E-state index in [0.29, 0.717) is 5.92 Å². The van der Waals surface area contributed by atoms with Crippen LogP contribution in [0.5, 0.6) is 0 Å². The second kappa shape index (κ2) is 8.68. The second-order valence-electron chi connectivity index (χ2n) is 6.65. The molecule has 0 saturated carbocycles. The molecule has 0 unspecified atom stereocenters. The molecule has 1 N–H and O–H groups in total. The number of hydrogen-bond donors (Lipinski definition) is 1. The van der Waals surface area contributed by atoms with Gasteiger partial charge in [0.25, 0.3) is 0 Å². The average Bonchev–Trinajstić information content (AvgIpc) is 2.47. The van der Waals surface area contributed by atoms with Crippen molar-refractivity contribution in [3.8, 4) is 0 Å². The van der Waals surface area contributed by atoms with Gasteiger partial charge in [-0.3, -0.25) is 9.69 Å². The molecule has 0 bridgehead atoms. The fourth-order valence-corrected chi connectivity index (χ4v) is 3.32. The van der Waals surface area contributed by atoms with E-state index >= 15 is 0 Å². The van der Waals surface area contributed by atoms with Gasteiger partial charge in [0.05, 0.1) is 0 Å². The molecule has 1 aromatic rings. The summed E-state index contributed by atoms with van der Waals surface area (Å²) in [5, 5.41) is 3.09. The Morgan fingerprint density at radius 1 is 1.36 bits per heavy atom. The number of hydrogen-bond acceptors (Lipinski definition) is 2. The first kappa shape index (κ1) is 17.5. The molecule has 1 saturated heterocycles. The Kier molecular flexibility index (Phi) is 6.90. The van der Waals surface area contributed by atoms with Gasteiger partial charge < -0.3 is 5.32 Å². The van der Waals surface area contributed by atoms with Crippen LogP contribution in [-0.4, -0.2) is 30.4 Å². The van der Waals surface area contributed by atoms with Crippen LogP contribution in [0, 0.1) is 11.8 Å². The number of nitrogens with one attached hydrogen (secondary N) is 1. The van der Waals surface area contributed by atoms with Crippen molar-refractivity contribution >= 4 is 21.8 Å². The van der Waals surface area contributed by atoms with Gasteiger partial charge >= 0.3 is 0 Å². The van der Waals surface area contributed by atoms with Gasteiger partial charge in [-0.25, -0.2) is 0 Å². The highest BCUT2D eigenvalue weighted by Crippen LogP contribution is 2.20. The maximum atomic E-state index is 12.2. The Balaban J connectivity index is 1.72. The quantitative estimate of drug-likeness (QED) is 0.829. The summed E-state index contributed by atoms with van der Waals surface area (Å²) in [5.74, 6) is 1.10. The number of benzene rings is 1. The van der Waals surface area contributed by atoms with Gasteiger partial charge in [0.1, 0.15) is 0 Å².